The van der Waals surface area contributed by atoms with Crippen molar-refractivity contribution in [1.29, 1.82) is 0 Å². The Hall–Kier alpha value is -0.380. The van der Waals surface area contributed by atoms with Crippen LogP contribution in [0.1, 0.15) is 28.2 Å². The Kier molecular flexibility index (Phi) is 4.00. The van der Waals surface area contributed by atoms with Gasteiger partial charge in [-0.15, -0.1) is 11.3 Å². The second kappa shape index (κ2) is 5.30. The molecule has 1 unspecified atom stereocenters. The Bertz CT molecular complexity index is 346. The number of hydrogen-bond acceptors (Lipinski definition) is 3. The van der Waals surface area contributed by atoms with Gasteiger partial charge < -0.3 is 5.32 Å². The first-order chi connectivity index (χ1) is 7.70. The van der Waals surface area contributed by atoms with Gasteiger partial charge in [0.05, 0.1) is 0 Å². The van der Waals surface area contributed by atoms with Gasteiger partial charge in [-0.05, 0) is 51.9 Å². The average molecular weight is 238 g/mol. The quantitative estimate of drug-likeness (QED) is 0.867. The van der Waals surface area contributed by atoms with Crippen molar-refractivity contribution in [3.63, 3.8) is 0 Å². The van der Waals surface area contributed by atoms with Gasteiger partial charge in [0.1, 0.15) is 0 Å². The summed E-state index contributed by atoms with van der Waals surface area (Å²) < 4.78 is 0. The minimum atomic E-state index is 0.740. The number of rotatable bonds is 4. The van der Waals surface area contributed by atoms with Crippen LogP contribution >= 0.6 is 11.3 Å². The molecule has 0 aliphatic carbocycles. The van der Waals surface area contributed by atoms with Crippen molar-refractivity contribution < 1.29 is 0 Å². The lowest BCUT2D eigenvalue weighted by Gasteiger charge is -2.24. The summed E-state index contributed by atoms with van der Waals surface area (Å²) in [5, 5.41) is 3.31. The van der Waals surface area contributed by atoms with Crippen LogP contribution in [-0.2, 0) is 6.54 Å². The van der Waals surface area contributed by atoms with Gasteiger partial charge in [-0.2, -0.15) is 0 Å². The smallest absolute Gasteiger partial charge is 0.0248 e. The summed E-state index contributed by atoms with van der Waals surface area (Å²) >= 11 is 1.92. The Morgan fingerprint density at radius 2 is 2.31 bits per heavy atom. The molecule has 0 aromatic carbocycles. The number of nitrogens with zero attached hydrogens (tertiary/aromatic N) is 1. The fourth-order valence-electron chi connectivity index (χ4n) is 2.63. The lowest BCUT2D eigenvalue weighted by atomic mass is 10.2. The van der Waals surface area contributed by atoms with E-state index in [1.807, 2.05) is 11.3 Å². The van der Waals surface area contributed by atoms with Crippen LogP contribution in [0.3, 0.4) is 0 Å². The molecule has 0 bridgehead atoms. The Balaban J connectivity index is 2.00. The highest BCUT2D eigenvalue weighted by molar-refractivity contribution is 7.12. The molecule has 3 heteroatoms. The zero-order valence-corrected chi connectivity index (χ0v) is 11.4. The molecule has 16 heavy (non-hydrogen) atoms. The maximum atomic E-state index is 3.31. The third-order valence-corrected chi connectivity index (χ3v) is 4.46. The van der Waals surface area contributed by atoms with Gasteiger partial charge in [0, 0.05) is 28.9 Å². The molecule has 1 fully saturated rings. The van der Waals surface area contributed by atoms with Crippen molar-refractivity contribution >= 4 is 11.3 Å². The highest BCUT2D eigenvalue weighted by Gasteiger charge is 2.24. The van der Waals surface area contributed by atoms with Crippen molar-refractivity contribution in [2.45, 2.75) is 39.3 Å². The molecule has 1 atom stereocenters. The maximum Gasteiger partial charge on any atom is 0.0248 e. The van der Waals surface area contributed by atoms with Crippen molar-refractivity contribution in [3.8, 4) is 0 Å². The highest BCUT2D eigenvalue weighted by Crippen LogP contribution is 2.25. The fraction of sp³-hybridized carbons (Fsp3) is 0.692. The Labute approximate surface area is 103 Å². The monoisotopic (exact) mass is 238 g/mol. The zero-order valence-electron chi connectivity index (χ0n) is 10.5. The minimum Gasteiger partial charge on any atom is -0.318 e. The third-order valence-electron chi connectivity index (χ3n) is 3.46. The van der Waals surface area contributed by atoms with E-state index >= 15 is 0 Å². The van der Waals surface area contributed by atoms with Crippen LogP contribution in [0.15, 0.2) is 6.07 Å². The van der Waals surface area contributed by atoms with Gasteiger partial charge in [-0.1, -0.05) is 0 Å². The first kappa shape index (κ1) is 12.1. The number of nitrogens with one attached hydrogen (secondary N) is 1. The van der Waals surface area contributed by atoms with Crippen LogP contribution in [0.5, 0.6) is 0 Å². The van der Waals surface area contributed by atoms with E-state index in [1.165, 1.54) is 34.7 Å². The predicted octanol–water partition coefficient (Wildman–Crippen LogP) is 2.55. The van der Waals surface area contributed by atoms with Crippen LogP contribution in [0.25, 0.3) is 0 Å². The van der Waals surface area contributed by atoms with Gasteiger partial charge in [-0.25, -0.2) is 0 Å². The second-order valence-electron chi connectivity index (χ2n) is 4.76. The molecule has 0 spiro atoms. The molecule has 1 aromatic heterocycles. The molecule has 2 nitrogen and oxygen atoms in total. The van der Waals surface area contributed by atoms with E-state index in [-0.39, 0.29) is 0 Å². The maximum absolute atomic E-state index is 3.31. The molecule has 1 aliphatic rings. The molecule has 90 valence electrons. The van der Waals surface area contributed by atoms with Gasteiger partial charge in [0.25, 0.3) is 0 Å². The Morgan fingerprint density at radius 1 is 1.50 bits per heavy atom. The van der Waals surface area contributed by atoms with Gasteiger partial charge >= 0.3 is 0 Å². The van der Waals surface area contributed by atoms with Crippen molar-refractivity contribution in [2.24, 2.45) is 0 Å². The topological polar surface area (TPSA) is 15.3 Å². The zero-order chi connectivity index (χ0) is 11.5. The first-order valence-electron chi connectivity index (χ1n) is 6.15. The molecule has 1 aromatic rings. The summed E-state index contributed by atoms with van der Waals surface area (Å²) in [6, 6.07) is 3.10. The van der Waals surface area contributed by atoms with Crippen LogP contribution < -0.4 is 5.32 Å². The lowest BCUT2D eigenvalue weighted by molar-refractivity contribution is 0.242. The lowest BCUT2D eigenvalue weighted by Crippen LogP contribution is -2.36. The van der Waals surface area contributed by atoms with Gasteiger partial charge in [0.2, 0.25) is 0 Å². The van der Waals surface area contributed by atoms with E-state index in [4.69, 9.17) is 0 Å². The van der Waals surface area contributed by atoms with Gasteiger partial charge in [0.15, 0.2) is 0 Å². The molecule has 1 N–H and O–H groups in total. The van der Waals surface area contributed by atoms with E-state index in [0.717, 1.165) is 19.1 Å². The normalized spacial score (nSPS) is 21.8. The molecule has 2 heterocycles. The summed E-state index contributed by atoms with van der Waals surface area (Å²) in [5.74, 6) is 0. The number of thiophene rings is 1. The fourth-order valence-corrected chi connectivity index (χ4v) is 3.57. The summed E-state index contributed by atoms with van der Waals surface area (Å²) in [4.78, 5) is 5.56. The summed E-state index contributed by atoms with van der Waals surface area (Å²) in [5.41, 5.74) is 1.53. The van der Waals surface area contributed by atoms with Crippen LogP contribution in [0.4, 0.5) is 0 Å². The van der Waals surface area contributed by atoms with Crippen molar-refractivity contribution in [1.82, 2.24) is 10.2 Å². The number of hydrogen-bond donors (Lipinski definition) is 1. The molecule has 0 amide bonds. The second-order valence-corrected chi connectivity index (χ2v) is 6.22. The summed E-state index contributed by atoms with van der Waals surface area (Å²) in [7, 11) is 2.05. The third kappa shape index (κ3) is 2.65. The molecule has 1 aliphatic heterocycles. The summed E-state index contributed by atoms with van der Waals surface area (Å²) in [6.45, 7) is 7.98. The van der Waals surface area contributed by atoms with E-state index in [1.54, 1.807) is 0 Å². The first-order valence-corrected chi connectivity index (χ1v) is 6.97. The molecule has 1 saturated heterocycles. The van der Waals surface area contributed by atoms with Crippen LogP contribution in [0, 0.1) is 13.8 Å². The van der Waals surface area contributed by atoms with E-state index < -0.39 is 0 Å². The molecular formula is C13H22N2S. The highest BCUT2D eigenvalue weighted by atomic mass is 32.1. The molecule has 2 rings (SSSR count). The Morgan fingerprint density at radius 3 is 2.94 bits per heavy atom. The van der Waals surface area contributed by atoms with E-state index in [0.29, 0.717) is 0 Å². The largest absolute Gasteiger partial charge is 0.318 e. The molecule has 0 saturated carbocycles. The van der Waals surface area contributed by atoms with E-state index in [2.05, 4.69) is 37.2 Å². The van der Waals surface area contributed by atoms with Crippen molar-refractivity contribution in [3.05, 3.63) is 21.4 Å². The molecular weight excluding hydrogens is 216 g/mol. The molecule has 0 radical (unpaired) electrons. The SMILES string of the molecule is CNCC1CCCN1Cc1cc(C)sc1C. The standard InChI is InChI=1S/C13H22N2S/c1-10-7-12(11(2)16-10)9-15-6-4-5-13(15)8-14-3/h7,13-14H,4-6,8-9H2,1-3H3. The minimum absolute atomic E-state index is 0.740. The van der Waals surface area contributed by atoms with Crippen molar-refractivity contribution in [2.75, 3.05) is 20.1 Å². The predicted molar refractivity (Wildman–Crippen MR) is 71.2 cm³/mol. The van der Waals surface area contributed by atoms with Crippen LogP contribution in [0.2, 0.25) is 0 Å². The number of likely N-dealkylation sites (N-methyl/N-ethyl adjacent to an activating group) is 1. The number of aryl methyl sites for hydroxylation is 2. The number of likely N-dealkylation sites (tertiary alicyclic amines) is 1. The van der Waals surface area contributed by atoms with Gasteiger partial charge in [-0.3, -0.25) is 4.90 Å². The average Bonchev–Trinajstić information content (AvgIpc) is 2.77. The van der Waals surface area contributed by atoms with E-state index in [9.17, 15) is 0 Å². The van der Waals surface area contributed by atoms with Crippen LogP contribution in [-0.4, -0.2) is 31.1 Å². The summed E-state index contributed by atoms with van der Waals surface area (Å²) in [6.07, 6.45) is 2.71.